The number of ether oxygens (including phenoxy) is 1. The van der Waals surface area contributed by atoms with E-state index in [2.05, 4.69) is 0 Å². The van der Waals surface area contributed by atoms with Gasteiger partial charge < -0.3 is 14.1 Å². The molecule has 1 amide bonds. The summed E-state index contributed by atoms with van der Waals surface area (Å²) in [6.07, 6.45) is 1.91. The molecule has 0 bridgehead atoms. The maximum Gasteiger partial charge on any atom is 0.291 e. The minimum atomic E-state index is -0.450. The van der Waals surface area contributed by atoms with E-state index < -0.39 is 6.04 Å². The lowest BCUT2D eigenvalue weighted by atomic mass is 9.98. The summed E-state index contributed by atoms with van der Waals surface area (Å²) >= 11 is 0. The molecule has 1 fully saturated rings. The second-order valence-corrected chi connectivity index (χ2v) is 7.58. The Bertz CT molecular complexity index is 1110. The third-order valence-corrected chi connectivity index (χ3v) is 5.66. The summed E-state index contributed by atoms with van der Waals surface area (Å²) in [4.78, 5) is 28.4. The molecule has 2 aromatic carbocycles. The first-order chi connectivity index (χ1) is 13.6. The molecule has 0 N–H and O–H groups in total. The van der Waals surface area contributed by atoms with E-state index in [9.17, 15) is 9.59 Å². The number of carbonyl (C=O) groups is 1. The molecule has 5 rings (SSSR count). The van der Waals surface area contributed by atoms with Crippen molar-refractivity contribution in [3.63, 3.8) is 0 Å². The number of hydrogen-bond acceptors (Lipinski definition) is 4. The van der Waals surface area contributed by atoms with E-state index in [0.717, 1.165) is 30.6 Å². The van der Waals surface area contributed by atoms with Gasteiger partial charge in [-0.15, -0.1) is 0 Å². The van der Waals surface area contributed by atoms with E-state index in [0.29, 0.717) is 23.1 Å². The van der Waals surface area contributed by atoms with Crippen LogP contribution < -0.4 is 5.43 Å². The summed E-state index contributed by atoms with van der Waals surface area (Å²) in [6.45, 7) is 3.11. The fourth-order valence-corrected chi connectivity index (χ4v) is 4.31. The molecule has 5 nitrogen and oxygen atoms in total. The zero-order valence-electron chi connectivity index (χ0n) is 15.7. The number of fused-ring (bicyclic) bond motifs is 2. The van der Waals surface area contributed by atoms with Crippen molar-refractivity contribution in [2.24, 2.45) is 0 Å². The van der Waals surface area contributed by atoms with E-state index in [1.807, 2.05) is 49.4 Å². The monoisotopic (exact) mass is 375 g/mol. The van der Waals surface area contributed by atoms with Crippen molar-refractivity contribution in [3.05, 3.63) is 81.2 Å². The van der Waals surface area contributed by atoms with Gasteiger partial charge in [-0.1, -0.05) is 42.0 Å². The van der Waals surface area contributed by atoms with Gasteiger partial charge in [0.05, 0.1) is 23.1 Å². The smallest absolute Gasteiger partial charge is 0.291 e. The van der Waals surface area contributed by atoms with Gasteiger partial charge in [-0.25, -0.2) is 0 Å². The normalized spacial score (nSPS) is 21.5. The molecule has 0 aliphatic carbocycles. The lowest BCUT2D eigenvalue weighted by Crippen LogP contribution is -2.36. The molecule has 2 atom stereocenters. The molecule has 0 saturated carbocycles. The van der Waals surface area contributed by atoms with Crippen molar-refractivity contribution in [2.75, 3.05) is 13.2 Å². The molecule has 3 aromatic rings. The minimum Gasteiger partial charge on any atom is -0.450 e. The van der Waals surface area contributed by atoms with Crippen molar-refractivity contribution in [1.82, 2.24) is 4.90 Å². The molecule has 2 aliphatic rings. The van der Waals surface area contributed by atoms with Crippen molar-refractivity contribution >= 4 is 16.9 Å². The SMILES string of the molecule is Cc1ccc2oc3c(c(=O)c2c1)[C@@H](c1ccccc1)N(C[C@@H]1CCCO1)C3=O. The Labute approximate surface area is 162 Å². The Kier molecular flexibility index (Phi) is 4.05. The van der Waals surface area contributed by atoms with Crippen LogP contribution in [-0.2, 0) is 4.74 Å². The van der Waals surface area contributed by atoms with Crippen LogP contribution in [0.1, 0.15) is 46.1 Å². The van der Waals surface area contributed by atoms with Gasteiger partial charge in [0.15, 0.2) is 5.43 Å². The molecule has 142 valence electrons. The average Bonchev–Trinajstić information content (AvgIpc) is 3.31. The van der Waals surface area contributed by atoms with Crippen LogP contribution in [0.4, 0.5) is 0 Å². The zero-order valence-corrected chi connectivity index (χ0v) is 15.7. The molecule has 0 radical (unpaired) electrons. The van der Waals surface area contributed by atoms with Crippen LogP contribution in [0.3, 0.4) is 0 Å². The number of amides is 1. The van der Waals surface area contributed by atoms with Crippen molar-refractivity contribution in [1.29, 1.82) is 0 Å². The number of benzene rings is 2. The molecule has 1 aromatic heterocycles. The Morgan fingerprint density at radius 1 is 1.11 bits per heavy atom. The quantitative estimate of drug-likeness (QED) is 0.698. The fourth-order valence-electron chi connectivity index (χ4n) is 4.31. The maximum absolute atomic E-state index is 13.4. The third-order valence-electron chi connectivity index (χ3n) is 5.66. The summed E-state index contributed by atoms with van der Waals surface area (Å²) in [5.41, 5.74) is 2.65. The largest absolute Gasteiger partial charge is 0.450 e. The lowest BCUT2D eigenvalue weighted by Gasteiger charge is -2.27. The van der Waals surface area contributed by atoms with Gasteiger partial charge in [-0.2, -0.15) is 0 Å². The Morgan fingerprint density at radius 2 is 1.93 bits per heavy atom. The standard InChI is InChI=1S/C23H21NO4/c1-14-9-10-18-17(12-14)21(25)19-20(15-6-3-2-4-7-15)24(23(26)22(19)28-18)13-16-8-5-11-27-16/h2-4,6-7,9-10,12,16,20H,5,8,11,13H2,1H3/t16-,20+/m0/s1. The van der Waals surface area contributed by atoms with Gasteiger partial charge in [-0.3, -0.25) is 9.59 Å². The molecule has 5 heteroatoms. The van der Waals surface area contributed by atoms with Crippen LogP contribution in [0.2, 0.25) is 0 Å². The number of rotatable bonds is 3. The number of hydrogen-bond donors (Lipinski definition) is 0. The first-order valence-electron chi connectivity index (χ1n) is 9.68. The topological polar surface area (TPSA) is 59.8 Å². The van der Waals surface area contributed by atoms with Crippen LogP contribution >= 0.6 is 0 Å². The lowest BCUT2D eigenvalue weighted by molar-refractivity contribution is 0.0486. The Balaban J connectivity index is 1.71. The third kappa shape index (κ3) is 2.66. The molecule has 1 saturated heterocycles. The van der Waals surface area contributed by atoms with Gasteiger partial charge in [0.1, 0.15) is 5.58 Å². The van der Waals surface area contributed by atoms with Gasteiger partial charge >= 0.3 is 0 Å². The highest BCUT2D eigenvalue weighted by Gasteiger charge is 2.43. The second-order valence-electron chi connectivity index (χ2n) is 7.58. The van der Waals surface area contributed by atoms with E-state index in [-0.39, 0.29) is 23.2 Å². The van der Waals surface area contributed by atoms with Gasteiger partial charge in [0.2, 0.25) is 5.76 Å². The first kappa shape index (κ1) is 17.2. The second kappa shape index (κ2) is 6.60. The predicted molar refractivity (Wildman–Crippen MR) is 106 cm³/mol. The highest BCUT2D eigenvalue weighted by atomic mass is 16.5. The minimum absolute atomic E-state index is 0.00348. The summed E-state index contributed by atoms with van der Waals surface area (Å²) in [7, 11) is 0. The van der Waals surface area contributed by atoms with Crippen molar-refractivity contribution < 1.29 is 13.9 Å². The molecular weight excluding hydrogens is 354 g/mol. The summed E-state index contributed by atoms with van der Waals surface area (Å²) < 4.78 is 11.7. The van der Waals surface area contributed by atoms with Crippen LogP contribution in [0, 0.1) is 6.92 Å². The van der Waals surface area contributed by atoms with E-state index in [1.165, 1.54) is 0 Å². The maximum atomic E-state index is 13.4. The molecular formula is C23H21NO4. The van der Waals surface area contributed by atoms with Crippen LogP contribution in [0.15, 0.2) is 57.7 Å². The number of carbonyl (C=O) groups excluding carboxylic acids is 1. The van der Waals surface area contributed by atoms with Gasteiger partial charge in [0.25, 0.3) is 5.91 Å². The predicted octanol–water partition coefficient (Wildman–Crippen LogP) is 3.83. The van der Waals surface area contributed by atoms with E-state index >= 15 is 0 Å². The van der Waals surface area contributed by atoms with Gasteiger partial charge in [0, 0.05) is 13.2 Å². The van der Waals surface area contributed by atoms with E-state index in [1.54, 1.807) is 11.0 Å². The Morgan fingerprint density at radius 3 is 2.68 bits per heavy atom. The molecule has 3 heterocycles. The van der Waals surface area contributed by atoms with Crippen LogP contribution in [0.25, 0.3) is 11.0 Å². The highest BCUT2D eigenvalue weighted by Crippen LogP contribution is 2.38. The summed E-state index contributed by atoms with van der Waals surface area (Å²) in [5.74, 6) is -0.0767. The molecule has 2 aliphatic heterocycles. The van der Waals surface area contributed by atoms with E-state index in [4.69, 9.17) is 9.15 Å². The first-order valence-corrected chi connectivity index (χ1v) is 9.68. The summed E-state index contributed by atoms with van der Waals surface area (Å²) in [5, 5.41) is 0.520. The highest BCUT2D eigenvalue weighted by molar-refractivity contribution is 5.99. The average molecular weight is 375 g/mol. The van der Waals surface area contributed by atoms with Gasteiger partial charge in [-0.05, 0) is 37.5 Å². The number of aryl methyl sites for hydroxylation is 1. The van der Waals surface area contributed by atoms with Crippen LogP contribution in [-0.4, -0.2) is 30.1 Å². The number of nitrogens with zero attached hydrogens (tertiary/aromatic N) is 1. The van der Waals surface area contributed by atoms with Crippen LogP contribution in [0.5, 0.6) is 0 Å². The summed E-state index contributed by atoms with van der Waals surface area (Å²) in [6, 6.07) is 14.7. The zero-order chi connectivity index (χ0) is 19.3. The Hall–Kier alpha value is -2.92. The fraction of sp³-hybridized carbons (Fsp3) is 0.304. The van der Waals surface area contributed by atoms with Crippen molar-refractivity contribution in [3.8, 4) is 0 Å². The molecule has 28 heavy (non-hydrogen) atoms. The van der Waals surface area contributed by atoms with Crippen molar-refractivity contribution in [2.45, 2.75) is 31.9 Å². The molecule has 0 unspecified atom stereocenters. The molecule has 0 spiro atoms.